The minimum absolute atomic E-state index is 0.265. The zero-order valence-electron chi connectivity index (χ0n) is 9.06. The molecule has 0 radical (unpaired) electrons. The molecular weight excluding hydrogens is 270 g/mol. The van der Waals surface area contributed by atoms with Crippen LogP contribution >= 0.6 is 15.9 Å². The predicted octanol–water partition coefficient (Wildman–Crippen LogP) is 1.97. The second-order valence-electron chi connectivity index (χ2n) is 4.35. The molecule has 0 bridgehead atoms. The van der Waals surface area contributed by atoms with E-state index in [-0.39, 0.29) is 6.61 Å². The van der Waals surface area contributed by atoms with Crippen LogP contribution in [0.15, 0.2) is 22.7 Å². The van der Waals surface area contributed by atoms with E-state index in [9.17, 15) is 5.11 Å². The number of aromatic hydroxyl groups is 1. The molecule has 16 heavy (non-hydrogen) atoms. The van der Waals surface area contributed by atoms with Crippen molar-refractivity contribution in [3.8, 4) is 5.75 Å². The molecule has 1 aliphatic heterocycles. The number of aliphatic hydroxyl groups is 1. The maximum atomic E-state index is 9.72. The average molecular weight is 286 g/mol. The van der Waals surface area contributed by atoms with Gasteiger partial charge in [0.2, 0.25) is 0 Å². The van der Waals surface area contributed by atoms with E-state index in [0.717, 1.165) is 36.1 Å². The van der Waals surface area contributed by atoms with Crippen LogP contribution in [-0.2, 0) is 6.54 Å². The SMILES string of the molecule is OC[C@@H]1CCN(Cc2cc(Br)ccc2O)C1. The van der Waals surface area contributed by atoms with Crippen molar-refractivity contribution in [2.75, 3.05) is 19.7 Å². The molecule has 0 amide bonds. The smallest absolute Gasteiger partial charge is 0.120 e. The highest BCUT2D eigenvalue weighted by Gasteiger charge is 2.22. The summed E-state index contributed by atoms with van der Waals surface area (Å²) in [5, 5.41) is 18.8. The topological polar surface area (TPSA) is 43.7 Å². The third-order valence-corrected chi connectivity index (χ3v) is 3.56. The van der Waals surface area contributed by atoms with Crippen molar-refractivity contribution in [1.82, 2.24) is 4.90 Å². The first-order valence-corrected chi connectivity index (χ1v) is 6.29. The van der Waals surface area contributed by atoms with Crippen LogP contribution in [0.3, 0.4) is 0 Å². The van der Waals surface area contributed by atoms with Crippen LogP contribution in [0.5, 0.6) is 5.75 Å². The third kappa shape index (κ3) is 2.75. The van der Waals surface area contributed by atoms with Crippen LogP contribution in [0.2, 0.25) is 0 Å². The fraction of sp³-hybridized carbons (Fsp3) is 0.500. The van der Waals surface area contributed by atoms with Gasteiger partial charge in [0.05, 0.1) is 0 Å². The quantitative estimate of drug-likeness (QED) is 0.893. The highest BCUT2D eigenvalue weighted by molar-refractivity contribution is 9.10. The maximum Gasteiger partial charge on any atom is 0.120 e. The first kappa shape index (κ1) is 11.9. The first-order valence-electron chi connectivity index (χ1n) is 5.49. The molecule has 1 atom stereocenters. The van der Waals surface area contributed by atoms with Crippen molar-refractivity contribution < 1.29 is 10.2 Å². The fourth-order valence-electron chi connectivity index (χ4n) is 2.13. The van der Waals surface area contributed by atoms with Crippen molar-refractivity contribution in [3.05, 3.63) is 28.2 Å². The van der Waals surface area contributed by atoms with Gasteiger partial charge in [0, 0.05) is 29.7 Å². The van der Waals surface area contributed by atoms with Gasteiger partial charge in [-0.2, -0.15) is 0 Å². The van der Waals surface area contributed by atoms with Gasteiger partial charge in [-0.05, 0) is 37.1 Å². The number of likely N-dealkylation sites (tertiary alicyclic amines) is 1. The van der Waals surface area contributed by atoms with Gasteiger partial charge in [-0.25, -0.2) is 0 Å². The van der Waals surface area contributed by atoms with Crippen LogP contribution in [0.25, 0.3) is 0 Å². The van der Waals surface area contributed by atoms with Gasteiger partial charge in [0.25, 0.3) is 0 Å². The fourth-order valence-corrected chi connectivity index (χ4v) is 2.54. The molecule has 1 fully saturated rings. The highest BCUT2D eigenvalue weighted by atomic mass is 79.9. The summed E-state index contributed by atoms with van der Waals surface area (Å²) in [4.78, 5) is 2.27. The van der Waals surface area contributed by atoms with Crippen molar-refractivity contribution in [1.29, 1.82) is 0 Å². The molecule has 2 N–H and O–H groups in total. The van der Waals surface area contributed by atoms with Gasteiger partial charge >= 0.3 is 0 Å². The molecule has 1 saturated heterocycles. The van der Waals surface area contributed by atoms with Gasteiger partial charge in [0.1, 0.15) is 5.75 Å². The van der Waals surface area contributed by atoms with E-state index in [4.69, 9.17) is 5.11 Å². The molecule has 1 aromatic carbocycles. The number of halogens is 1. The molecular formula is C12H16BrNO2. The van der Waals surface area contributed by atoms with Crippen LogP contribution in [-0.4, -0.2) is 34.8 Å². The predicted molar refractivity (Wildman–Crippen MR) is 66.3 cm³/mol. The second kappa shape index (κ2) is 5.17. The minimum atomic E-state index is 0.265. The Labute approximate surface area is 104 Å². The van der Waals surface area contributed by atoms with Crippen LogP contribution in [0, 0.1) is 5.92 Å². The van der Waals surface area contributed by atoms with Crippen molar-refractivity contribution in [2.24, 2.45) is 5.92 Å². The number of phenolic OH excluding ortho intramolecular Hbond substituents is 1. The van der Waals surface area contributed by atoms with Gasteiger partial charge in [0.15, 0.2) is 0 Å². The lowest BCUT2D eigenvalue weighted by Crippen LogP contribution is -2.21. The van der Waals surface area contributed by atoms with E-state index in [2.05, 4.69) is 20.8 Å². The number of hydrogen-bond donors (Lipinski definition) is 2. The standard InChI is InChI=1S/C12H16BrNO2/c13-11-1-2-12(16)10(5-11)7-14-4-3-9(6-14)8-15/h1-2,5,9,15-16H,3-4,6-8H2/t9-/m1/s1. The van der Waals surface area contributed by atoms with E-state index < -0.39 is 0 Å². The molecule has 88 valence electrons. The van der Waals surface area contributed by atoms with Gasteiger partial charge in [-0.15, -0.1) is 0 Å². The van der Waals surface area contributed by atoms with Crippen molar-refractivity contribution in [3.63, 3.8) is 0 Å². The molecule has 1 aliphatic rings. The summed E-state index contributed by atoms with van der Waals surface area (Å²) >= 11 is 3.40. The number of hydrogen-bond acceptors (Lipinski definition) is 3. The molecule has 4 heteroatoms. The summed E-state index contributed by atoms with van der Waals surface area (Å²) < 4.78 is 0.984. The summed E-state index contributed by atoms with van der Waals surface area (Å²) in [6, 6.07) is 5.49. The lowest BCUT2D eigenvalue weighted by Gasteiger charge is -2.16. The Kier molecular flexibility index (Phi) is 3.84. The third-order valence-electron chi connectivity index (χ3n) is 3.06. The summed E-state index contributed by atoms with van der Waals surface area (Å²) in [6.07, 6.45) is 1.05. The average Bonchev–Trinajstić information content (AvgIpc) is 2.71. The Morgan fingerprint density at radius 3 is 2.94 bits per heavy atom. The molecule has 1 heterocycles. The molecule has 0 spiro atoms. The van der Waals surface area contributed by atoms with Gasteiger partial charge in [-0.1, -0.05) is 15.9 Å². The summed E-state index contributed by atoms with van der Waals surface area (Å²) in [5.74, 6) is 0.741. The van der Waals surface area contributed by atoms with E-state index in [0.29, 0.717) is 11.7 Å². The van der Waals surface area contributed by atoms with E-state index in [1.807, 2.05) is 12.1 Å². The largest absolute Gasteiger partial charge is 0.508 e. The first-order chi connectivity index (χ1) is 7.69. The molecule has 0 aromatic heterocycles. The number of phenols is 1. The van der Waals surface area contributed by atoms with E-state index >= 15 is 0 Å². The van der Waals surface area contributed by atoms with Crippen molar-refractivity contribution in [2.45, 2.75) is 13.0 Å². The molecule has 3 nitrogen and oxygen atoms in total. The van der Waals surface area contributed by atoms with E-state index in [1.54, 1.807) is 6.07 Å². The summed E-state index contributed by atoms with van der Waals surface area (Å²) in [5.41, 5.74) is 0.938. The minimum Gasteiger partial charge on any atom is -0.508 e. The monoisotopic (exact) mass is 285 g/mol. The lowest BCUT2D eigenvalue weighted by atomic mass is 10.1. The van der Waals surface area contributed by atoms with Gasteiger partial charge < -0.3 is 10.2 Å². The summed E-state index contributed by atoms with van der Waals surface area (Å²) in [7, 11) is 0. The summed E-state index contributed by atoms with van der Waals surface area (Å²) in [6.45, 7) is 2.93. The number of nitrogens with zero attached hydrogens (tertiary/aromatic N) is 1. The van der Waals surface area contributed by atoms with Crippen molar-refractivity contribution >= 4 is 15.9 Å². The molecule has 0 saturated carbocycles. The molecule has 0 aliphatic carbocycles. The van der Waals surface area contributed by atoms with Gasteiger partial charge in [-0.3, -0.25) is 4.90 Å². The Hall–Kier alpha value is -0.580. The molecule has 0 unspecified atom stereocenters. The Bertz CT molecular complexity index is 370. The van der Waals surface area contributed by atoms with Crippen LogP contribution < -0.4 is 0 Å². The number of rotatable bonds is 3. The maximum absolute atomic E-state index is 9.72. The molecule has 1 aromatic rings. The van der Waals surface area contributed by atoms with Crippen LogP contribution in [0.1, 0.15) is 12.0 Å². The Morgan fingerprint density at radius 2 is 2.25 bits per heavy atom. The van der Waals surface area contributed by atoms with Crippen LogP contribution in [0.4, 0.5) is 0 Å². The zero-order valence-corrected chi connectivity index (χ0v) is 10.7. The molecule has 2 rings (SSSR count). The Morgan fingerprint density at radius 1 is 1.44 bits per heavy atom. The second-order valence-corrected chi connectivity index (χ2v) is 5.26. The Balaban J connectivity index is 2.01. The van der Waals surface area contributed by atoms with E-state index in [1.165, 1.54) is 0 Å². The zero-order chi connectivity index (χ0) is 11.5. The number of benzene rings is 1. The lowest BCUT2D eigenvalue weighted by molar-refractivity contribution is 0.219. The highest BCUT2D eigenvalue weighted by Crippen LogP contribution is 2.25. The number of aliphatic hydroxyl groups excluding tert-OH is 1. The normalized spacial score (nSPS) is 21.5.